The Morgan fingerprint density at radius 3 is 2.81 bits per heavy atom. The number of alkyl halides is 2. The predicted molar refractivity (Wildman–Crippen MR) is 98.7 cm³/mol. The Bertz CT molecular complexity index is 739. The van der Waals surface area contributed by atoms with Gasteiger partial charge in [0, 0.05) is 35.4 Å². The minimum atomic E-state index is -2.64. The number of rotatable bonds is 5. The van der Waals surface area contributed by atoms with Gasteiger partial charge in [-0.3, -0.25) is 4.99 Å². The molecule has 3 rings (SSSR count). The lowest BCUT2D eigenvalue weighted by Crippen LogP contribution is -2.22. The lowest BCUT2D eigenvalue weighted by Gasteiger charge is -2.20. The van der Waals surface area contributed by atoms with E-state index in [-0.39, 0.29) is 22.9 Å². The van der Waals surface area contributed by atoms with Gasteiger partial charge < -0.3 is 10.6 Å². The number of nitrogens with two attached hydrogens (primary N) is 1. The van der Waals surface area contributed by atoms with Crippen LogP contribution in [0.15, 0.2) is 28.3 Å². The van der Waals surface area contributed by atoms with E-state index in [4.69, 9.17) is 10.6 Å². The van der Waals surface area contributed by atoms with Gasteiger partial charge in [0.2, 0.25) is 0 Å². The number of hydrogen-bond donors (Lipinski definition) is 1. The molecule has 4 nitrogen and oxygen atoms in total. The molecule has 1 saturated heterocycles. The van der Waals surface area contributed by atoms with Gasteiger partial charge in [-0.15, -0.1) is 0 Å². The van der Waals surface area contributed by atoms with Gasteiger partial charge in [0.1, 0.15) is 5.71 Å². The summed E-state index contributed by atoms with van der Waals surface area (Å²) in [5.74, 6) is 11.9. The summed E-state index contributed by atoms with van der Waals surface area (Å²) in [7, 11) is 0. The second kappa shape index (κ2) is 8.91. The monoisotopic (exact) mass is 359 g/mol. The molecule has 1 aliphatic carbocycles. The summed E-state index contributed by atoms with van der Waals surface area (Å²) >= 11 is 0. The topological polar surface area (TPSA) is 60.0 Å². The average molecular weight is 359 g/mol. The molecule has 138 valence electrons. The molecule has 0 amide bonds. The first-order valence-electron chi connectivity index (χ1n) is 9.00. The number of nitrogens with zero attached hydrogens (tertiary/aromatic N) is 2. The molecular weight excluding hydrogens is 336 g/mol. The first-order chi connectivity index (χ1) is 12.7. The molecule has 0 radical (unpaired) electrons. The maximum Gasteiger partial charge on any atom is 0.264 e. The van der Waals surface area contributed by atoms with Gasteiger partial charge in [-0.05, 0) is 44.2 Å². The number of halogens is 2. The number of benzene rings is 1. The first kappa shape index (κ1) is 18.5. The third-order valence-electron chi connectivity index (χ3n) is 4.50. The fourth-order valence-electron chi connectivity index (χ4n) is 2.85. The molecule has 1 aliphatic heterocycles. The summed E-state index contributed by atoms with van der Waals surface area (Å²) in [6.45, 7) is 1.23. The predicted octanol–water partition coefficient (Wildman–Crippen LogP) is 3.69. The summed E-state index contributed by atoms with van der Waals surface area (Å²) in [6, 6.07) is 4.73. The second-order valence-corrected chi connectivity index (χ2v) is 6.64. The van der Waals surface area contributed by atoms with E-state index >= 15 is 0 Å². The van der Waals surface area contributed by atoms with E-state index in [1.165, 1.54) is 12.3 Å². The van der Waals surface area contributed by atoms with Crippen LogP contribution in [0.3, 0.4) is 0 Å². The lowest BCUT2D eigenvalue weighted by atomic mass is 10.0. The summed E-state index contributed by atoms with van der Waals surface area (Å²) in [5, 5.41) is 3.66. The van der Waals surface area contributed by atoms with Crippen molar-refractivity contribution in [1.29, 1.82) is 0 Å². The molecule has 1 aromatic rings. The van der Waals surface area contributed by atoms with Crippen LogP contribution in [0.4, 0.5) is 8.78 Å². The highest BCUT2D eigenvalue weighted by atomic mass is 19.3. The van der Waals surface area contributed by atoms with E-state index in [0.717, 1.165) is 38.7 Å². The Morgan fingerprint density at radius 2 is 2.15 bits per heavy atom. The largest absolute Gasteiger partial charge is 0.376 e. The summed E-state index contributed by atoms with van der Waals surface area (Å²) in [6.07, 6.45) is 4.24. The molecule has 2 fully saturated rings. The zero-order chi connectivity index (χ0) is 18.4. The summed E-state index contributed by atoms with van der Waals surface area (Å²) in [5.41, 5.74) is 0.975. The lowest BCUT2D eigenvalue weighted by molar-refractivity contribution is 0.0226. The van der Waals surface area contributed by atoms with Crippen LogP contribution in [0.1, 0.15) is 55.2 Å². The molecule has 1 atom stereocenters. The minimum absolute atomic E-state index is 0.0775. The van der Waals surface area contributed by atoms with Gasteiger partial charge in [0.15, 0.2) is 0 Å². The quantitative estimate of drug-likeness (QED) is 0.377. The van der Waals surface area contributed by atoms with Gasteiger partial charge in [0.25, 0.3) is 6.43 Å². The van der Waals surface area contributed by atoms with Crippen molar-refractivity contribution in [3.63, 3.8) is 0 Å². The zero-order valence-corrected chi connectivity index (χ0v) is 14.6. The molecule has 1 saturated carbocycles. The number of aliphatic imine (C=N–C) groups is 1. The second-order valence-electron chi connectivity index (χ2n) is 6.64. The molecule has 6 heteroatoms. The molecule has 2 aliphatic rings. The smallest absolute Gasteiger partial charge is 0.264 e. The van der Waals surface area contributed by atoms with Crippen LogP contribution in [0.2, 0.25) is 0 Å². The molecule has 0 spiro atoms. The first-order valence-corrected chi connectivity index (χ1v) is 9.00. The van der Waals surface area contributed by atoms with Crippen molar-refractivity contribution in [2.24, 2.45) is 21.9 Å². The number of ether oxygens (including phenoxy) is 1. The number of hydrogen-bond acceptors (Lipinski definition) is 4. The highest BCUT2D eigenvalue weighted by Gasteiger charge is 2.19. The third-order valence-corrected chi connectivity index (χ3v) is 4.50. The Kier molecular flexibility index (Phi) is 6.35. The van der Waals surface area contributed by atoms with Crippen LogP contribution in [0.5, 0.6) is 0 Å². The van der Waals surface area contributed by atoms with Crippen LogP contribution < -0.4 is 5.84 Å². The normalized spacial score (nSPS) is 21.0. The Labute approximate surface area is 152 Å². The van der Waals surface area contributed by atoms with E-state index in [0.29, 0.717) is 18.0 Å². The molecule has 0 aromatic heterocycles. The van der Waals surface area contributed by atoms with E-state index in [1.807, 2.05) is 0 Å². The summed E-state index contributed by atoms with van der Waals surface area (Å²) < 4.78 is 32.6. The molecule has 0 bridgehead atoms. The summed E-state index contributed by atoms with van der Waals surface area (Å²) in [4.78, 5) is 4.30. The maximum atomic E-state index is 13.5. The van der Waals surface area contributed by atoms with Crippen molar-refractivity contribution < 1.29 is 13.5 Å². The minimum Gasteiger partial charge on any atom is -0.376 e. The molecule has 26 heavy (non-hydrogen) atoms. The van der Waals surface area contributed by atoms with Gasteiger partial charge >= 0.3 is 0 Å². The molecule has 2 N–H and O–H groups in total. The van der Waals surface area contributed by atoms with Crippen LogP contribution in [0, 0.1) is 17.8 Å². The molecule has 1 unspecified atom stereocenters. The highest BCUT2D eigenvalue weighted by Crippen LogP contribution is 2.28. The standard InChI is InChI=1S/C20H23F2N3O/c21-20(22)18-11-15(7-6-14-4-5-14)8-9-17(18)19(25-23)13-24-12-16-3-1-2-10-26-16/h8-9,11,13-14,16,20H,1-5,10,12,23H2/b24-13?,25-19+. The van der Waals surface area contributed by atoms with Crippen molar-refractivity contribution in [3.8, 4) is 11.8 Å². The molecule has 1 aromatic carbocycles. The fraction of sp³-hybridized carbons (Fsp3) is 0.500. The van der Waals surface area contributed by atoms with E-state index in [1.54, 1.807) is 12.1 Å². The number of hydrazone groups is 1. The van der Waals surface area contributed by atoms with Gasteiger partial charge in [0.05, 0.1) is 12.6 Å². The van der Waals surface area contributed by atoms with Gasteiger partial charge in [-0.2, -0.15) is 5.10 Å². The van der Waals surface area contributed by atoms with Crippen molar-refractivity contribution in [1.82, 2.24) is 0 Å². The Morgan fingerprint density at radius 1 is 1.31 bits per heavy atom. The maximum absolute atomic E-state index is 13.5. The van der Waals surface area contributed by atoms with Crippen LogP contribution in [-0.4, -0.2) is 31.2 Å². The fourth-order valence-corrected chi connectivity index (χ4v) is 2.85. The Hall–Kier alpha value is -2.26. The highest BCUT2D eigenvalue weighted by molar-refractivity contribution is 6.38. The molecule has 1 heterocycles. The Balaban J connectivity index is 1.75. The third kappa shape index (κ3) is 5.12. The van der Waals surface area contributed by atoms with Crippen LogP contribution in [0.25, 0.3) is 0 Å². The van der Waals surface area contributed by atoms with E-state index in [9.17, 15) is 8.78 Å². The van der Waals surface area contributed by atoms with Crippen molar-refractivity contribution in [3.05, 3.63) is 34.9 Å². The van der Waals surface area contributed by atoms with Crippen molar-refractivity contribution in [2.75, 3.05) is 13.2 Å². The van der Waals surface area contributed by atoms with Crippen molar-refractivity contribution in [2.45, 2.75) is 44.6 Å². The van der Waals surface area contributed by atoms with Crippen LogP contribution in [-0.2, 0) is 4.74 Å². The van der Waals surface area contributed by atoms with E-state index < -0.39 is 6.43 Å². The van der Waals surface area contributed by atoms with Gasteiger partial charge in [-0.1, -0.05) is 17.9 Å². The average Bonchev–Trinajstić information content (AvgIpc) is 3.49. The zero-order valence-electron chi connectivity index (χ0n) is 14.6. The van der Waals surface area contributed by atoms with E-state index in [2.05, 4.69) is 21.9 Å². The molecular formula is C20H23F2N3O. The SMILES string of the molecule is N/N=C(\C=NCC1CCCCO1)c1ccc(C#CC2CC2)cc1C(F)F. The van der Waals surface area contributed by atoms with Gasteiger partial charge in [-0.25, -0.2) is 8.78 Å². The van der Waals surface area contributed by atoms with Crippen molar-refractivity contribution >= 4 is 11.9 Å². The van der Waals surface area contributed by atoms with Crippen LogP contribution >= 0.6 is 0 Å².